The molecular weight excluding hydrogens is 178 g/mol. The molecule has 0 heterocycles. The van der Waals surface area contributed by atoms with Gasteiger partial charge in [0.2, 0.25) is 0 Å². The molecule has 0 aliphatic carbocycles. The summed E-state index contributed by atoms with van der Waals surface area (Å²) in [5.41, 5.74) is 0. The largest absolute Gasteiger partial charge is 0.313 e. The fourth-order valence-corrected chi connectivity index (χ4v) is 1.90. The molecule has 1 N–H and O–H groups in total. The molecular formula is C11H23NS. The molecule has 0 saturated heterocycles. The third kappa shape index (κ3) is 8.38. The first-order valence-corrected chi connectivity index (χ1v) is 6.42. The van der Waals surface area contributed by atoms with Crippen LogP contribution in [0.15, 0.2) is 12.7 Å². The van der Waals surface area contributed by atoms with Crippen molar-refractivity contribution in [2.75, 3.05) is 18.1 Å². The maximum atomic E-state index is 3.70. The number of hydrogen-bond donors (Lipinski definition) is 1. The molecule has 1 unspecified atom stereocenters. The molecule has 0 saturated carbocycles. The van der Waals surface area contributed by atoms with Gasteiger partial charge in [-0.1, -0.05) is 26.3 Å². The smallest absolute Gasteiger partial charge is 0.0111 e. The Bertz CT molecular complexity index is 115. The Morgan fingerprint density at radius 3 is 2.77 bits per heavy atom. The van der Waals surface area contributed by atoms with Crippen LogP contribution < -0.4 is 5.32 Å². The van der Waals surface area contributed by atoms with Gasteiger partial charge < -0.3 is 5.32 Å². The van der Waals surface area contributed by atoms with Gasteiger partial charge >= 0.3 is 0 Å². The van der Waals surface area contributed by atoms with Crippen molar-refractivity contribution in [3.8, 4) is 0 Å². The molecule has 0 aromatic rings. The fourth-order valence-electron chi connectivity index (χ4n) is 1.30. The maximum absolute atomic E-state index is 3.70. The molecule has 0 aromatic carbocycles. The van der Waals surface area contributed by atoms with Crippen molar-refractivity contribution in [3.05, 3.63) is 12.7 Å². The predicted octanol–water partition coefficient (Wildman–Crippen LogP) is 3.07. The van der Waals surface area contributed by atoms with Gasteiger partial charge in [0.1, 0.15) is 0 Å². The van der Waals surface area contributed by atoms with Crippen molar-refractivity contribution in [2.24, 2.45) is 0 Å². The highest BCUT2D eigenvalue weighted by atomic mass is 32.2. The Balaban J connectivity index is 3.22. The SMILES string of the molecule is C=CCSCCNC(CC)CCC. The molecule has 78 valence electrons. The molecule has 0 spiro atoms. The molecule has 2 heteroatoms. The molecule has 0 aromatic heterocycles. The van der Waals surface area contributed by atoms with E-state index in [1.54, 1.807) is 0 Å². The Morgan fingerprint density at radius 2 is 2.23 bits per heavy atom. The zero-order chi connectivity index (χ0) is 9.94. The summed E-state index contributed by atoms with van der Waals surface area (Å²) in [5, 5.41) is 3.57. The predicted molar refractivity (Wildman–Crippen MR) is 64.5 cm³/mol. The lowest BCUT2D eigenvalue weighted by Gasteiger charge is -2.15. The van der Waals surface area contributed by atoms with Gasteiger partial charge in [0.25, 0.3) is 0 Å². The van der Waals surface area contributed by atoms with Crippen LogP contribution in [0, 0.1) is 0 Å². The number of thioether (sulfide) groups is 1. The summed E-state index contributed by atoms with van der Waals surface area (Å²) in [6, 6.07) is 0.731. The van der Waals surface area contributed by atoms with E-state index < -0.39 is 0 Å². The number of hydrogen-bond acceptors (Lipinski definition) is 2. The summed E-state index contributed by atoms with van der Waals surface area (Å²) < 4.78 is 0. The van der Waals surface area contributed by atoms with E-state index in [0.29, 0.717) is 0 Å². The highest BCUT2D eigenvalue weighted by Crippen LogP contribution is 2.02. The second-order valence-electron chi connectivity index (χ2n) is 3.21. The fraction of sp³-hybridized carbons (Fsp3) is 0.818. The van der Waals surface area contributed by atoms with E-state index in [1.807, 2.05) is 17.8 Å². The van der Waals surface area contributed by atoms with Crippen LogP contribution in [-0.2, 0) is 0 Å². The topological polar surface area (TPSA) is 12.0 Å². The zero-order valence-corrected chi connectivity index (χ0v) is 9.83. The van der Waals surface area contributed by atoms with Crippen molar-refractivity contribution < 1.29 is 0 Å². The molecule has 0 radical (unpaired) electrons. The normalized spacial score (nSPS) is 12.8. The zero-order valence-electron chi connectivity index (χ0n) is 9.01. The van der Waals surface area contributed by atoms with Crippen LogP contribution >= 0.6 is 11.8 Å². The van der Waals surface area contributed by atoms with Crippen molar-refractivity contribution >= 4 is 11.8 Å². The van der Waals surface area contributed by atoms with Gasteiger partial charge in [-0.05, 0) is 12.8 Å². The molecule has 0 fully saturated rings. The number of nitrogens with one attached hydrogen (secondary N) is 1. The molecule has 1 atom stereocenters. The Kier molecular flexibility index (Phi) is 10.2. The van der Waals surface area contributed by atoms with Gasteiger partial charge in [0.15, 0.2) is 0 Å². The van der Waals surface area contributed by atoms with Gasteiger partial charge in [-0.15, -0.1) is 6.58 Å². The van der Waals surface area contributed by atoms with E-state index in [0.717, 1.165) is 18.3 Å². The van der Waals surface area contributed by atoms with E-state index in [-0.39, 0.29) is 0 Å². The Morgan fingerprint density at radius 1 is 1.46 bits per heavy atom. The highest BCUT2D eigenvalue weighted by molar-refractivity contribution is 7.99. The first kappa shape index (κ1) is 13.1. The molecule has 0 aliphatic heterocycles. The van der Waals surface area contributed by atoms with Gasteiger partial charge in [0, 0.05) is 24.1 Å². The summed E-state index contributed by atoms with van der Waals surface area (Å²) in [4.78, 5) is 0. The van der Waals surface area contributed by atoms with Crippen LogP contribution in [0.2, 0.25) is 0 Å². The Labute approximate surface area is 87.4 Å². The van der Waals surface area contributed by atoms with Crippen LogP contribution in [0.3, 0.4) is 0 Å². The van der Waals surface area contributed by atoms with Crippen LogP contribution in [0.4, 0.5) is 0 Å². The lowest BCUT2D eigenvalue weighted by Crippen LogP contribution is -2.30. The van der Waals surface area contributed by atoms with Crippen molar-refractivity contribution in [2.45, 2.75) is 39.2 Å². The van der Waals surface area contributed by atoms with Crippen LogP contribution in [-0.4, -0.2) is 24.1 Å². The third-order valence-corrected chi connectivity index (χ3v) is 3.01. The maximum Gasteiger partial charge on any atom is 0.0111 e. The summed E-state index contributed by atoms with van der Waals surface area (Å²) in [6.45, 7) is 9.33. The summed E-state index contributed by atoms with van der Waals surface area (Å²) >= 11 is 1.94. The summed E-state index contributed by atoms with van der Waals surface area (Å²) in [5.74, 6) is 2.28. The van der Waals surface area contributed by atoms with E-state index in [9.17, 15) is 0 Å². The number of rotatable bonds is 9. The molecule has 0 rings (SSSR count). The average molecular weight is 201 g/mol. The van der Waals surface area contributed by atoms with Crippen molar-refractivity contribution in [1.82, 2.24) is 5.32 Å². The second kappa shape index (κ2) is 10.1. The van der Waals surface area contributed by atoms with Gasteiger partial charge in [-0.25, -0.2) is 0 Å². The first-order chi connectivity index (χ1) is 6.35. The highest BCUT2D eigenvalue weighted by Gasteiger charge is 2.01. The van der Waals surface area contributed by atoms with E-state index >= 15 is 0 Å². The summed E-state index contributed by atoms with van der Waals surface area (Å²) in [7, 11) is 0. The first-order valence-electron chi connectivity index (χ1n) is 5.27. The van der Waals surface area contributed by atoms with Crippen molar-refractivity contribution in [3.63, 3.8) is 0 Å². The third-order valence-electron chi connectivity index (χ3n) is 2.05. The van der Waals surface area contributed by atoms with Gasteiger partial charge in [0.05, 0.1) is 0 Å². The van der Waals surface area contributed by atoms with E-state index in [1.165, 1.54) is 25.0 Å². The minimum Gasteiger partial charge on any atom is -0.313 e. The molecule has 0 amide bonds. The van der Waals surface area contributed by atoms with Gasteiger partial charge in [-0.2, -0.15) is 11.8 Å². The van der Waals surface area contributed by atoms with E-state index in [2.05, 4.69) is 25.7 Å². The summed E-state index contributed by atoms with van der Waals surface area (Å²) in [6.07, 6.45) is 5.81. The lowest BCUT2D eigenvalue weighted by molar-refractivity contribution is 0.477. The minimum absolute atomic E-state index is 0.731. The second-order valence-corrected chi connectivity index (χ2v) is 4.36. The average Bonchev–Trinajstić information content (AvgIpc) is 2.16. The van der Waals surface area contributed by atoms with Crippen LogP contribution in [0.25, 0.3) is 0 Å². The van der Waals surface area contributed by atoms with E-state index in [4.69, 9.17) is 0 Å². The lowest BCUT2D eigenvalue weighted by atomic mass is 10.1. The van der Waals surface area contributed by atoms with Crippen molar-refractivity contribution in [1.29, 1.82) is 0 Å². The standard InChI is InChI=1S/C11H23NS/c1-4-7-11(6-3)12-8-10-13-9-5-2/h5,11-12H,2,4,6-10H2,1,3H3. The quantitative estimate of drug-likeness (QED) is 0.454. The monoisotopic (exact) mass is 201 g/mol. The Hall–Kier alpha value is 0.0500. The molecule has 1 nitrogen and oxygen atoms in total. The molecule has 0 bridgehead atoms. The van der Waals surface area contributed by atoms with Crippen LogP contribution in [0.1, 0.15) is 33.1 Å². The van der Waals surface area contributed by atoms with Crippen LogP contribution in [0.5, 0.6) is 0 Å². The minimum atomic E-state index is 0.731. The van der Waals surface area contributed by atoms with Gasteiger partial charge in [-0.3, -0.25) is 0 Å². The molecule has 13 heavy (non-hydrogen) atoms. The molecule has 0 aliphatic rings.